The van der Waals surface area contributed by atoms with E-state index in [9.17, 15) is 9.50 Å². The first-order valence-corrected chi connectivity index (χ1v) is 6.81. The topological polar surface area (TPSA) is 36.4 Å². The van der Waals surface area contributed by atoms with Gasteiger partial charge in [-0.3, -0.25) is 0 Å². The standard InChI is InChI=1S/C16H19FN2O/c1-3-14-8-12(11-20)9-16(18-14)19(4-2)15-7-5-6-13(17)10-15/h5-10,20H,3-4,11H2,1-2H3. The highest BCUT2D eigenvalue weighted by Crippen LogP contribution is 2.25. The summed E-state index contributed by atoms with van der Waals surface area (Å²) in [6, 6.07) is 10.2. The molecule has 0 aliphatic rings. The summed E-state index contributed by atoms with van der Waals surface area (Å²) in [4.78, 5) is 6.50. The molecule has 106 valence electrons. The lowest BCUT2D eigenvalue weighted by Gasteiger charge is -2.23. The van der Waals surface area contributed by atoms with E-state index >= 15 is 0 Å². The van der Waals surface area contributed by atoms with Gasteiger partial charge in [-0.25, -0.2) is 9.37 Å². The van der Waals surface area contributed by atoms with Gasteiger partial charge < -0.3 is 10.0 Å². The summed E-state index contributed by atoms with van der Waals surface area (Å²) in [5.41, 5.74) is 2.50. The Kier molecular flexibility index (Phi) is 4.69. The van der Waals surface area contributed by atoms with Gasteiger partial charge in [-0.15, -0.1) is 0 Å². The van der Waals surface area contributed by atoms with Crippen molar-refractivity contribution >= 4 is 11.5 Å². The summed E-state index contributed by atoms with van der Waals surface area (Å²) in [7, 11) is 0. The quantitative estimate of drug-likeness (QED) is 0.907. The van der Waals surface area contributed by atoms with Crippen molar-refractivity contribution in [3.63, 3.8) is 0 Å². The molecule has 0 unspecified atom stereocenters. The molecule has 3 nitrogen and oxygen atoms in total. The lowest BCUT2D eigenvalue weighted by atomic mass is 10.2. The average Bonchev–Trinajstić information content (AvgIpc) is 2.47. The maximum absolute atomic E-state index is 13.4. The molecular weight excluding hydrogens is 255 g/mol. The molecule has 1 aromatic carbocycles. The third-order valence-electron chi connectivity index (χ3n) is 3.18. The second-order valence-electron chi connectivity index (χ2n) is 4.56. The van der Waals surface area contributed by atoms with Crippen LogP contribution in [0.15, 0.2) is 36.4 Å². The fourth-order valence-electron chi connectivity index (χ4n) is 2.16. The van der Waals surface area contributed by atoms with E-state index in [1.807, 2.05) is 36.9 Å². The van der Waals surface area contributed by atoms with E-state index in [1.54, 1.807) is 6.07 Å². The second-order valence-corrected chi connectivity index (χ2v) is 4.56. The number of halogens is 1. The number of nitrogens with zero attached hydrogens (tertiary/aromatic N) is 2. The fourth-order valence-corrected chi connectivity index (χ4v) is 2.16. The molecule has 4 heteroatoms. The Morgan fingerprint density at radius 2 is 2.00 bits per heavy atom. The van der Waals surface area contributed by atoms with Crippen LogP contribution in [0.1, 0.15) is 25.1 Å². The molecule has 0 amide bonds. The van der Waals surface area contributed by atoms with Gasteiger partial charge in [-0.05, 0) is 49.2 Å². The van der Waals surface area contributed by atoms with Gasteiger partial charge in [-0.2, -0.15) is 0 Å². The Bertz CT molecular complexity index is 564. The van der Waals surface area contributed by atoms with Gasteiger partial charge in [0.15, 0.2) is 0 Å². The highest BCUT2D eigenvalue weighted by Gasteiger charge is 2.11. The molecule has 1 aromatic heterocycles. The molecule has 2 aromatic rings. The van der Waals surface area contributed by atoms with Gasteiger partial charge >= 0.3 is 0 Å². The van der Waals surface area contributed by atoms with Gasteiger partial charge in [0.05, 0.1) is 6.61 Å². The van der Waals surface area contributed by atoms with Gasteiger partial charge in [0.2, 0.25) is 0 Å². The molecule has 2 rings (SSSR count). The number of aromatic nitrogens is 1. The minimum absolute atomic E-state index is 0.0246. The Balaban J connectivity index is 2.45. The minimum atomic E-state index is -0.269. The van der Waals surface area contributed by atoms with Gasteiger partial charge in [0.25, 0.3) is 0 Å². The molecule has 0 radical (unpaired) electrons. The third kappa shape index (κ3) is 3.14. The molecule has 1 N–H and O–H groups in total. The Hall–Kier alpha value is -1.94. The SMILES string of the molecule is CCc1cc(CO)cc(N(CC)c2cccc(F)c2)n1. The summed E-state index contributed by atoms with van der Waals surface area (Å²) >= 11 is 0. The van der Waals surface area contributed by atoms with Gasteiger partial charge in [0, 0.05) is 17.9 Å². The Morgan fingerprint density at radius 3 is 2.60 bits per heavy atom. The number of anilines is 2. The van der Waals surface area contributed by atoms with Crippen LogP contribution in [-0.4, -0.2) is 16.6 Å². The second kappa shape index (κ2) is 6.48. The van der Waals surface area contributed by atoms with E-state index in [4.69, 9.17) is 0 Å². The molecule has 0 bridgehead atoms. The smallest absolute Gasteiger partial charge is 0.133 e. The van der Waals surface area contributed by atoms with Crippen LogP contribution in [0.3, 0.4) is 0 Å². The fraction of sp³-hybridized carbons (Fsp3) is 0.312. The van der Waals surface area contributed by atoms with Crippen molar-refractivity contribution in [2.45, 2.75) is 26.9 Å². The van der Waals surface area contributed by atoms with Crippen molar-refractivity contribution < 1.29 is 9.50 Å². The van der Waals surface area contributed by atoms with Crippen LogP contribution in [0.25, 0.3) is 0 Å². The lowest BCUT2D eigenvalue weighted by Crippen LogP contribution is -2.18. The summed E-state index contributed by atoms with van der Waals surface area (Å²) in [6.07, 6.45) is 0.793. The van der Waals surface area contributed by atoms with Crippen molar-refractivity contribution in [1.29, 1.82) is 0 Å². The van der Waals surface area contributed by atoms with E-state index in [0.717, 1.165) is 29.2 Å². The predicted molar refractivity (Wildman–Crippen MR) is 78.6 cm³/mol. The third-order valence-corrected chi connectivity index (χ3v) is 3.18. The zero-order chi connectivity index (χ0) is 14.5. The van der Waals surface area contributed by atoms with Crippen molar-refractivity contribution in [3.8, 4) is 0 Å². The van der Waals surface area contributed by atoms with E-state index in [2.05, 4.69) is 4.98 Å². The first-order valence-electron chi connectivity index (χ1n) is 6.81. The largest absolute Gasteiger partial charge is 0.392 e. The summed E-state index contributed by atoms with van der Waals surface area (Å²) in [5.74, 6) is 0.469. The molecule has 0 atom stereocenters. The first-order chi connectivity index (χ1) is 9.67. The van der Waals surface area contributed by atoms with Crippen molar-refractivity contribution in [2.75, 3.05) is 11.4 Å². The number of rotatable bonds is 5. The zero-order valence-electron chi connectivity index (χ0n) is 11.8. The molecule has 0 saturated carbocycles. The van der Waals surface area contributed by atoms with Crippen LogP contribution in [-0.2, 0) is 13.0 Å². The first kappa shape index (κ1) is 14.5. The normalized spacial score (nSPS) is 10.6. The van der Waals surface area contributed by atoms with E-state index in [-0.39, 0.29) is 12.4 Å². The number of hydrogen-bond donors (Lipinski definition) is 1. The van der Waals surface area contributed by atoms with E-state index in [0.29, 0.717) is 6.54 Å². The Morgan fingerprint density at radius 1 is 1.20 bits per heavy atom. The lowest BCUT2D eigenvalue weighted by molar-refractivity contribution is 0.281. The average molecular weight is 274 g/mol. The molecule has 0 aliphatic carbocycles. The molecule has 1 heterocycles. The van der Waals surface area contributed by atoms with Crippen molar-refractivity contribution in [2.24, 2.45) is 0 Å². The van der Waals surface area contributed by atoms with Crippen LogP contribution in [0.2, 0.25) is 0 Å². The number of hydrogen-bond acceptors (Lipinski definition) is 3. The molecule has 0 fully saturated rings. The van der Waals surface area contributed by atoms with Gasteiger partial charge in [-0.1, -0.05) is 13.0 Å². The monoisotopic (exact) mass is 274 g/mol. The molecule has 0 aliphatic heterocycles. The molecule has 0 spiro atoms. The zero-order valence-corrected chi connectivity index (χ0v) is 11.8. The van der Waals surface area contributed by atoms with Crippen molar-refractivity contribution in [1.82, 2.24) is 4.98 Å². The summed E-state index contributed by atoms with van der Waals surface area (Å²) < 4.78 is 13.4. The van der Waals surface area contributed by atoms with Crippen LogP contribution in [0.4, 0.5) is 15.9 Å². The number of aliphatic hydroxyl groups is 1. The number of pyridine rings is 1. The van der Waals surface area contributed by atoms with Crippen LogP contribution in [0.5, 0.6) is 0 Å². The van der Waals surface area contributed by atoms with E-state index in [1.165, 1.54) is 12.1 Å². The van der Waals surface area contributed by atoms with Crippen molar-refractivity contribution in [3.05, 3.63) is 53.5 Å². The van der Waals surface area contributed by atoms with Gasteiger partial charge in [0.1, 0.15) is 11.6 Å². The number of benzene rings is 1. The Labute approximate surface area is 118 Å². The summed E-state index contributed by atoms with van der Waals surface area (Å²) in [5, 5.41) is 9.34. The molecule has 20 heavy (non-hydrogen) atoms. The highest BCUT2D eigenvalue weighted by atomic mass is 19.1. The van der Waals surface area contributed by atoms with Crippen LogP contribution in [0, 0.1) is 5.82 Å². The highest BCUT2D eigenvalue weighted by molar-refractivity contribution is 5.60. The van der Waals surface area contributed by atoms with Crippen LogP contribution >= 0.6 is 0 Å². The summed E-state index contributed by atoms with van der Waals surface area (Å²) in [6.45, 7) is 4.66. The maximum Gasteiger partial charge on any atom is 0.133 e. The van der Waals surface area contributed by atoms with E-state index < -0.39 is 0 Å². The van der Waals surface area contributed by atoms with Crippen LogP contribution < -0.4 is 4.90 Å². The predicted octanol–water partition coefficient (Wildman–Crippen LogP) is 3.43. The number of aliphatic hydroxyl groups excluding tert-OH is 1. The maximum atomic E-state index is 13.4. The molecular formula is C16H19FN2O. The molecule has 0 saturated heterocycles. The minimum Gasteiger partial charge on any atom is -0.392 e. The number of aryl methyl sites for hydroxylation is 1.